The Balaban J connectivity index is 1.14. The number of amides is 2. The number of benzene rings is 3. The molecule has 3 heterocycles. The van der Waals surface area contributed by atoms with Crippen LogP contribution in [0.4, 0.5) is 22.7 Å². The average Bonchev–Trinajstić information content (AvgIpc) is 3.59. The van der Waals surface area contributed by atoms with Crippen LogP contribution >= 0.6 is 0 Å². The molecule has 3 aromatic carbocycles. The number of aromatic nitrogens is 2. The van der Waals surface area contributed by atoms with Crippen molar-refractivity contribution >= 4 is 46.6 Å². The van der Waals surface area contributed by atoms with Gasteiger partial charge in [0.05, 0.1) is 16.9 Å². The lowest BCUT2D eigenvalue weighted by Gasteiger charge is -2.34. The van der Waals surface area contributed by atoms with Crippen molar-refractivity contribution < 1.29 is 14.4 Å². The zero-order chi connectivity index (χ0) is 32.6. The molecule has 0 radical (unpaired) electrons. The summed E-state index contributed by atoms with van der Waals surface area (Å²) in [4.78, 5) is 48.8. The molecule has 6 rings (SSSR count). The number of piperazine rings is 1. The normalized spacial score (nSPS) is 16.8. The number of nitrogens with one attached hydrogen (secondary N) is 2. The van der Waals surface area contributed by atoms with Crippen molar-refractivity contribution in [1.82, 2.24) is 14.7 Å². The van der Waals surface area contributed by atoms with Crippen molar-refractivity contribution in [3.05, 3.63) is 101 Å². The van der Waals surface area contributed by atoms with Crippen LogP contribution in [0.15, 0.2) is 77.8 Å². The van der Waals surface area contributed by atoms with Gasteiger partial charge in [0, 0.05) is 60.6 Å². The first-order chi connectivity index (χ1) is 22.0. The minimum atomic E-state index is -0.555. The van der Waals surface area contributed by atoms with Crippen LogP contribution in [0.5, 0.6) is 0 Å². The second-order valence-corrected chi connectivity index (χ2v) is 13.0. The predicted molar refractivity (Wildman–Crippen MR) is 182 cm³/mol. The molecule has 236 valence electrons. The van der Waals surface area contributed by atoms with E-state index in [1.165, 1.54) is 5.69 Å². The average molecular weight is 618 g/mol. The molecule has 0 bridgehead atoms. The number of aryl methyl sites for hydroxylation is 1. The Labute approximate surface area is 269 Å². The molecule has 1 unspecified atom stereocenters. The molecule has 10 heteroatoms. The van der Waals surface area contributed by atoms with E-state index in [-0.39, 0.29) is 23.1 Å². The summed E-state index contributed by atoms with van der Waals surface area (Å²) in [6.45, 7) is 11.9. The van der Waals surface area contributed by atoms with Gasteiger partial charge in [-0.2, -0.15) is 5.10 Å². The number of ketones is 1. The number of fused-ring (bicyclic) bond motifs is 1. The number of aliphatic imine (C=N–C) groups is 1. The van der Waals surface area contributed by atoms with Gasteiger partial charge in [-0.3, -0.25) is 24.1 Å². The SMILES string of the molecule is Cc1cc(C(=O)Nc2cccc(C(=O)c3ccc4c(c3)NC(=O)C4C=Nc3ccc(N4CCN(C)CC4)cc3)c2)n(C(C)(C)C)n1. The second-order valence-electron chi connectivity index (χ2n) is 13.0. The van der Waals surface area contributed by atoms with Crippen LogP contribution < -0.4 is 15.5 Å². The molecule has 2 N–H and O–H groups in total. The maximum Gasteiger partial charge on any atom is 0.273 e. The van der Waals surface area contributed by atoms with Gasteiger partial charge in [0.1, 0.15) is 11.6 Å². The monoisotopic (exact) mass is 617 g/mol. The summed E-state index contributed by atoms with van der Waals surface area (Å²) in [6.07, 6.45) is 1.66. The summed E-state index contributed by atoms with van der Waals surface area (Å²) >= 11 is 0. The lowest BCUT2D eigenvalue weighted by atomic mass is 9.97. The Kier molecular flexibility index (Phi) is 8.31. The fourth-order valence-electron chi connectivity index (χ4n) is 5.82. The number of anilines is 3. The van der Waals surface area contributed by atoms with Crippen molar-refractivity contribution in [3.63, 3.8) is 0 Å². The number of carbonyl (C=O) groups is 3. The third-order valence-corrected chi connectivity index (χ3v) is 8.36. The molecule has 0 aliphatic carbocycles. The highest BCUT2D eigenvalue weighted by Crippen LogP contribution is 2.34. The first kappa shape index (κ1) is 30.9. The molecule has 46 heavy (non-hydrogen) atoms. The number of rotatable bonds is 7. The van der Waals surface area contributed by atoms with E-state index in [2.05, 4.69) is 49.7 Å². The third kappa shape index (κ3) is 6.48. The number of likely N-dealkylation sites (N-methyl/N-ethyl adjacent to an activating group) is 1. The lowest BCUT2D eigenvalue weighted by Crippen LogP contribution is -2.44. The van der Waals surface area contributed by atoms with Gasteiger partial charge < -0.3 is 20.4 Å². The van der Waals surface area contributed by atoms with E-state index in [4.69, 9.17) is 0 Å². The van der Waals surface area contributed by atoms with Crippen molar-refractivity contribution in [2.24, 2.45) is 4.99 Å². The highest BCUT2D eigenvalue weighted by atomic mass is 16.2. The Morgan fingerprint density at radius 1 is 0.957 bits per heavy atom. The number of hydrogen-bond donors (Lipinski definition) is 2. The minimum Gasteiger partial charge on any atom is -0.369 e. The minimum absolute atomic E-state index is 0.188. The van der Waals surface area contributed by atoms with Crippen molar-refractivity contribution in [2.45, 2.75) is 39.2 Å². The smallest absolute Gasteiger partial charge is 0.273 e. The van der Waals surface area contributed by atoms with Crippen LogP contribution in [0.3, 0.4) is 0 Å². The van der Waals surface area contributed by atoms with Gasteiger partial charge in [-0.1, -0.05) is 24.3 Å². The van der Waals surface area contributed by atoms with Crippen LogP contribution in [0.1, 0.15) is 64.4 Å². The van der Waals surface area contributed by atoms with E-state index >= 15 is 0 Å². The molecular formula is C36H39N7O3. The standard InChI is InChI=1S/C36H39N7O3/c1-23-19-32(43(40-23)36(2,3)4)35(46)38-27-8-6-7-24(20-27)33(44)25-9-14-29-30(34(45)39-31(29)21-25)22-37-26-10-12-28(13-11-26)42-17-15-41(5)16-18-42/h6-14,19-22,30H,15-18H2,1-5H3,(H,38,46)(H,39,45). The maximum absolute atomic E-state index is 13.5. The van der Waals surface area contributed by atoms with Crippen LogP contribution in [0.2, 0.25) is 0 Å². The highest BCUT2D eigenvalue weighted by molar-refractivity contribution is 6.15. The summed E-state index contributed by atoms with van der Waals surface area (Å²) in [6, 6.07) is 21.9. The van der Waals surface area contributed by atoms with E-state index in [0.29, 0.717) is 28.2 Å². The van der Waals surface area contributed by atoms with Crippen LogP contribution in [-0.4, -0.2) is 71.7 Å². The zero-order valence-electron chi connectivity index (χ0n) is 26.9. The Bertz CT molecular complexity index is 1830. The number of hydrogen-bond acceptors (Lipinski definition) is 7. The topological polar surface area (TPSA) is 112 Å². The quantitative estimate of drug-likeness (QED) is 0.206. The largest absolute Gasteiger partial charge is 0.369 e. The van der Waals surface area contributed by atoms with Gasteiger partial charge in [0.15, 0.2) is 5.78 Å². The van der Waals surface area contributed by atoms with Crippen LogP contribution in [0.25, 0.3) is 0 Å². The molecule has 1 fully saturated rings. The third-order valence-electron chi connectivity index (χ3n) is 8.36. The van der Waals surface area contributed by atoms with Crippen molar-refractivity contribution in [2.75, 3.05) is 48.8 Å². The van der Waals surface area contributed by atoms with E-state index in [1.54, 1.807) is 59.4 Å². The second kappa shape index (κ2) is 12.4. The van der Waals surface area contributed by atoms with E-state index in [1.807, 2.05) is 39.8 Å². The molecular weight excluding hydrogens is 578 g/mol. The first-order valence-corrected chi connectivity index (χ1v) is 15.5. The van der Waals surface area contributed by atoms with E-state index in [0.717, 1.165) is 43.1 Å². The number of nitrogens with zero attached hydrogens (tertiary/aromatic N) is 5. The van der Waals surface area contributed by atoms with Gasteiger partial charge in [0.2, 0.25) is 5.91 Å². The summed E-state index contributed by atoms with van der Waals surface area (Å²) in [5, 5.41) is 10.3. The fraction of sp³-hybridized carbons (Fsp3) is 0.306. The molecule has 1 atom stereocenters. The Morgan fingerprint density at radius 3 is 2.39 bits per heavy atom. The first-order valence-electron chi connectivity index (χ1n) is 15.5. The summed E-state index contributed by atoms with van der Waals surface area (Å²) in [5.41, 5.74) is 5.47. The number of carbonyl (C=O) groups excluding carboxylic acids is 3. The molecule has 2 aliphatic rings. The van der Waals surface area contributed by atoms with Gasteiger partial charge >= 0.3 is 0 Å². The van der Waals surface area contributed by atoms with E-state index in [9.17, 15) is 14.4 Å². The molecule has 4 aromatic rings. The molecule has 1 aromatic heterocycles. The van der Waals surface area contributed by atoms with Gasteiger partial charge in [-0.15, -0.1) is 0 Å². The molecule has 0 spiro atoms. The lowest BCUT2D eigenvalue weighted by molar-refractivity contribution is -0.115. The molecule has 0 saturated carbocycles. The Morgan fingerprint density at radius 2 is 1.67 bits per heavy atom. The van der Waals surface area contributed by atoms with Gasteiger partial charge in [-0.25, -0.2) is 0 Å². The van der Waals surface area contributed by atoms with Gasteiger partial charge in [-0.05, 0) is 88.8 Å². The summed E-state index contributed by atoms with van der Waals surface area (Å²) in [5.74, 6) is -1.27. The summed E-state index contributed by atoms with van der Waals surface area (Å²) in [7, 11) is 2.14. The zero-order valence-corrected chi connectivity index (χ0v) is 26.9. The molecule has 2 aliphatic heterocycles. The van der Waals surface area contributed by atoms with Crippen molar-refractivity contribution in [1.29, 1.82) is 0 Å². The van der Waals surface area contributed by atoms with Crippen molar-refractivity contribution in [3.8, 4) is 0 Å². The predicted octanol–water partition coefficient (Wildman–Crippen LogP) is 5.62. The Hall–Kier alpha value is -5.09. The van der Waals surface area contributed by atoms with E-state index < -0.39 is 5.92 Å². The van der Waals surface area contributed by atoms with Gasteiger partial charge in [0.25, 0.3) is 5.91 Å². The molecule has 1 saturated heterocycles. The molecule has 2 amide bonds. The van der Waals surface area contributed by atoms with Crippen LogP contribution in [-0.2, 0) is 10.3 Å². The van der Waals surface area contributed by atoms with Crippen LogP contribution in [0, 0.1) is 6.92 Å². The maximum atomic E-state index is 13.5. The highest BCUT2D eigenvalue weighted by Gasteiger charge is 2.30. The molecule has 10 nitrogen and oxygen atoms in total. The summed E-state index contributed by atoms with van der Waals surface area (Å²) < 4.78 is 1.70. The fourth-order valence-corrected chi connectivity index (χ4v) is 5.82.